The smallest absolute Gasteiger partial charge is 0.251 e. The van der Waals surface area contributed by atoms with Crippen molar-refractivity contribution in [1.29, 1.82) is 0 Å². The van der Waals surface area contributed by atoms with Crippen molar-refractivity contribution in [3.63, 3.8) is 0 Å². The Hall–Kier alpha value is -1.88. The van der Waals surface area contributed by atoms with Crippen LogP contribution in [0.1, 0.15) is 36.2 Å². The van der Waals surface area contributed by atoms with Gasteiger partial charge in [0.05, 0.1) is 0 Å². The van der Waals surface area contributed by atoms with Gasteiger partial charge >= 0.3 is 0 Å². The van der Waals surface area contributed by atoms with Crippen molar-refractivity contribution in [3.05, 3.63) is 35.4 Å². The summed E-state index contributed by atoms with van der Waals surface area (Å²) in [6, 6.07) is 7.77. The molecule has 0 fully saturated rings. The number of nitrogens with one attached hydrogen (secondary N) is 3. The van der Waals surface area contributed by atoms with E-state index >= 15 is 0 Å². The highest BCUT2D eigenvalue weighted by Gasteiger charge is 2.05. The third kappa shape index (κ3) is 7.46. The standard InChI is InChI=1S/C16H25N3O2/c1-12(2)17-9-8-15(20)18-10-11-19-16(21)14-6-4-13(3)5-7-14/h4-7,12,17H,8-11H2,1-3H3,(H,18,20)(H,19,21). The minimum Gasteiger partial charge on any atom is -0.354 e. The molecule has 1 rings (SSSR count). The van der Waals surface area contributed by atoms with E-state index in [4.69, 9.17) is 0 Å². The van der Waals surface area contributed by atoms with E-state index in [0.29, 0.717) is 37.7 Å². The summed E-state index contributed by atoms with van der Waals surface area (Å²) in [6.45, 7) is 7.59. The molecular formula is C16H25N3O2. The lowest BCUT2D eigenvalue weighted by Crippen LogP contribution is -2.36. The number of hydrogen-bond donors (Lipinski definition) is 3. The number of amides is 2. The quantitative estimate of drug-likeness (QED) is 0.631. The second kappa shape index (κ2) is 9.13. The van der Waals surface area contributed by atoms with Gasteiger partial charge in [-0.15, -0.1) is 0 Å². The van der Waals surface area contributed by atoms with Gasteiger partial charge in [0.2, 0.25) is 5.91 Å². The minimum absolute atomic E-state index is 0.00673. The van der Waals surface area contributed by atoms with Crippen molar-refractivity contribution < 1.29 is 9.59 Å². The topological polar surface area (TPSA) is 70.2 Å². The molecule has 1 aromatic carbocycles. The maximum atomic E-state index is 11.8. The van der Waals surface area contributed by atoms with Gasteiger partial charge in [-0.2, -0.15) is 0 Å². The summed E-state index contributed by atoms with van der Waals surface area (Å²) in [5.41, 5.74) is 1.75. The zero-order valence-corrected chi connectivity index (χ0v) is 13.0. The Balaban J connectivity index is 2.14. The molecule has 5 nitrogen and oxygen atoms in total. The van der Waals surface area contributed by atoms with Crippen molar-refractivity contribution in [2.24, 2.45) is 0 Å². The van der Waals surface area contributed by atoms with Gasteiger partial charge < -0.3 is 16.0 Å². The molecule has 3 N–H and O–H groups in total. The number of carbonyl (C=O) groups excluding carboxylic acids is 2. The van der Waals surface area contributed by atoms with Crippen LogP contribution >= 0.6 is 0 Å². The fourth-order valence-electron chi connectivity index (χ4n) is 1.75. The summed E-state index contributed by atoms with van der Waals surface area (Å²) < 4.78 is 0. The van der Waals surface area contributed by atoms with Gasteiger partial charge in [-0.05, 0) is 19.1 Å². The van der Waals surface area contributed by atoms with Crippen LogP contribution in [0.25, 0.3) is 0 Å². The molecule has 0 radical (unpaired) electrons. The Morgan fingerprint density at radius 3 is 2.24 bits per heavy atom. The lowest BCUT2D eigenvalue weighted by atomic mass is 10.1. The second-order valence-corrected chi connectivity index (χ2v) is 5.33. The number of aryl methyl sites for hydroxylation is 1. The molecule has 0 aliphatic heterocycles. The predicted octanol–water partition coefficient (Wildman–Crippen LogP) is 1.23. The normalized spacial score (nSPS) is 10.5. The van der Waals surface area contributed by atoms with Crippen molar-refractivity contribution in [2.75, 3.05) is 19.6 Å². The Morgan fingerprint density at radius 2 is 1.62 bits per heavy atom. The molecule has 0 aliphatic rings. The van der Waals surface area contributed by atoms with E-state index in [1.807, 2.05) is 32.9 Å². The Labute approximate surface area is 126 Å². The van der Waals surface area contributed by atoms with Crippen LogP contribution in [-0.2, 0) is 4.79 Å². The van der Waals surface area contributed by atoms with E-state index in [9.17, 15) is 9.59 Å². The summed E-state index contributed by atoms with van der Waals surface area (Å²) in [5, 5.41) is 8.74. The van der Waals surface area contributed by atoms with Crippen molar-refractivity contribution >= 4 is 11.8 Å². The molecule has 21 heavy (non-hydrogen) atoms. The second-order valence-electron chi connectivity index (χ2n) is 5.33. The maximum absolute atomic E-state index is 11.8. The number of rotatable bonds is 8. The van der Waals surface area contributed by atoms with E-state index in [1.165, 1.54) is 0 Å². The highest BCUT2D eigenvalue weighted by molar-refractivity contribution is 5.94. The fourth-order valence-corrected chi connectivity index (χ4v) is 1.75. The van der Waals surface area contributed by atoms with E-state index < -0.39 is 0 Å². The molecule has 0 saturated heterocycles. The van der Waals surface area contributed by atoms with Crippen LogP contribution in [0.3, 0.4) is 0 Å². The first kappa shape index (κ1) is 17.2. The van der Waals surface area contributed by atoms with Crippen molar-refractivity contribution in [2.45, 2.75) is 33.2 Å². The summed E-state index contributed by atoms with van der Waals surface area (Å²) >= 11 is 0. The van der Waals surface area contributed by atoms with E-state index in [2.05, 4.69) is 16.0 Å². The Bertz CT molecular complexity index is 455. The number of benzene rings is 1. The van der Waals surface area contributed by atoms with Crippen LogP contribution in [0.5, 0.6) is 0 Å². The lowest BCUT2D eigenvalue weighted by molar-refractivity contribution is -0.120. The van der Waals surface area contributed by atoms with Gasteiger partial charge in [0.15, 0.2) is 0 Å². The first-order valence-electron chi connectivity index (χ1n) is 7.34. The molecule has 0 bridgehead atoms. The van der Waals surface area contributed by atoms with E-state index in [1.54, 1.807) is 12.1 Å². The third-order valence-electron chi connectivity index (χ3n) is 2.95. The molecule has 5 heteroatoms. The average Bonchev–Trinajstić information content (AvgIpc) is 2.43. The average molecular weight is 291 g/mol. The van der Waals surface area contributed by atoms with Crippen LogP contribution in [0, 0.1) is 6.92 Å². The molecule has 0 spiro atoms. The largest absolute Gasteiger partial charge is 0.354 e. The fraction of sp³-hybridized carbons (Fsp3) is 0.500. The molecular weight excluding hydrogens is 266 g/mol. The summed E-state index contributed by atoms with van der Waals surface area (Å²) in [5.74, 6) is -0.126. The molecule has 0 aromatic heterocycles. The first-order chi connectivity index (χ1) is 9.99. The summed E-state index contributed by atoms with van der Waals surface area (Å²) in [6.07, 6.45) is 0.449. The van der Waals surface area contributed by atoms with Gasteiger partial charge in [-0.1, -0.05) is 31.5 Å². The van der Waals surface area contributed by atoms with Crippen LogP contribution in [0.4, 0.5) is 0 Å². The van der Waals surface area contributed by atoms with Crippen molar-refractivity contribution in [3.8, 4) is 0 Å². The minimum atomic E-state index is -0.120. The summed E-state index contributed by atoms with van der Waals surface area (Å²) in [7, 11) is 0. The van der Waals surface area contributed by atoms with E-state index in [0.717, 1.165) is 5.56 Å². The van der Waals surface area contributed by atoms with Gasteiger partial charge in [0.1, 0.15) is 0 Å². The zero-order valence-electron chi connectivity index (χ0n) is 13.0. The molecule has 1 aromatic rings. The molecule has 0 heterocycles. The molecule has 0 saturated carbocycles. The zero-order chi connectivity index (χ0) is 15.7. The van der Waals surface area contributed by atoms with Gasteiger partial charge in [0, 0.05) is 37.7 Å². The van der Waals surface area contributed by atoms with Crippen LogP contribution < -0.4 is 16.0 Å². The predicted molar refractivity (Wildman–Crippen MR) is 84.3 cm³/mol. The highest BCUT2D eigenvalue weighted by Crippen LogP contribution is 2.02. The third-order valence-corrected chi connectivity index (χ3v) is 2.95. The molecule has 0 atom stereocenters. The molecule has 0 unspecified atom stereocenters. The molecule has 2 amide bonds. The van der Waals surface area contributed by atoms with Crippen molar-refractivity contribution in [1.82, 2.24) is 16.0 Å². The number of carbonyl (C=O) groups is 2. The van der Waals surface area contributed by atoms with Gasteiger partial charge in [-0.3, -0.25) is 9.59 Å². The lowest BCUT2D eigenvalue weighted by Gasteiger charge is -2.09. The Morgan fingerprint density at radius 1 is 1.00 bits per heavy atom. The SMILES string of the molecule is Cc1ccc(C(=O)NCCNC(=O)CCNC(C)C)cc1. The van der Waals surface area contributed by atoms with E-state index in [-0.39, 0.29) is 11.8 Å². The van der Waals surface area contributed by atoms with Crippen LogP contribution in [0.2, 0.25) is 0 Å². The van der Waals surface area contributed by atoms with Crippen LogP contribution in [-0.4, -0.2) is 37.5 Å². The maximum Gasteiger partial charge on any atom is 0.251 e. The monoisotopic (exact) mass is 291 g/mol. The highest BCUT2D eigenvalue weighted by atomic mass is 16.2. The molecule has 116 valence electrons. The first-order valence-corrected chi connectivity index (χ1v) is 7.34. The molecule has 0 aliphatic carbocycles. The number of hydrogen-bond acceptors (Lipinski definition) is 3. The van der Waals surface area contributed by atoms with Crippen LogP contribution in [0.15, 0.2) is 24.3 Å². The van der Waals surface area contributed by atoms with Gasteiger partial charge in [-0.25, -0.2) is 0 Å². The Kier molecular flexibility index (Phi) is 7.46. The summed E-state index contributed by atoms with van der Waals surface area (Å²) in [4.78, 5) is 23.3. The van der Waals surface area contributed by atoms with Gasteiger partial charge in [0.25, 0.3) is 5.91 Å².